The van der Waals surface area contributed by atoms with Crippen LogP contribution in [0.1, 0.15) is 39.2 Å². The molecule has 0 aromatic heterocycles. The highest BCUT2D eigenvalue weighted by Gasteiger charge is 2.35. The van der Waals surface area contributed by atoms with Gasteiger partial charge < -0.3 is 0 Å². The van der Waals surface area contributed by atoms with Crippen LogP contribution < -0.4 is 0 Å². The molecule has 2 aromatic rings. The molecular weight excluding hydrogens is 340 g/mol. The van der Waals surface area contributed by atoms with E-state index in [0.29, 0.717) is 0 Å². The highest BCUT2D eigenvalue weighted by atomic mass is 32.2. The monoisotopic (exact) mass is 358 g/mol. The van der Waals surface area contributed by atoms with Gasteiger partial charge in [0.15, 0.2) is 0 Å². The predicted octanol–water partition coefficient (Wildman–Crippen LogP) is 2.29. The summed E-state index contributed by atoms with van der Waals surface area (Å²) in [7, 11) is -0.938. The second-order valence-electron chi connectivity index (χ2n) is 5.98. The molecule has 0 saturated carbocycles. The van der Waals surface area contributed by atoms with Crippen LogP contribution in [-0.4, -0.2) is 43.5 Å². The molecule has 1 atom stereocenters. The molecule has 6 nitrogen and oxygen atoms in total. The molecule has 0 bridgehead atoms. The van der Waals surface area contributed by atoms with Crippen molar-refractivity contribution in [3.8, 4) is 0 Å². The molecule has 0 fully saturated rings. The van der Waals surface area contributed by atoms with Gasteiger partial charge in [0, 0.05) is 20.1 Å². The standard InChI is InChI=1S/C18H18N2O4S/c1-12(13-7-5-4-6-8-13)20(3)25(23,24)14-9-10-15-16(11-14)18(22)19(2)17(15)21/h4-12H,1-3H3. The minimum Gasteiger partial charge on any atom is -0.277 e. The topological polar surface area (TPSA) is 74.8 Å². The van der Waals surface area contributed by atoms with E-state index in [1.54, 1.807) is 6.92 Å². The van der Waals surface area contributed by atoms with Crippen LogP contribution in [0, 0.1) is 0 Å². The van der Waals surface area contributed by atoms with E-state index in [9.17, 15) is 18.0 Å². The lowest BCUT2D eigenvalue weighted by atomic mass is 10.1. The van der Waals surface area contributed by atoms with Crippen molar-refractivity contribution in [3.05, 3.63) is 65.2 Å². The molecule has 2 amide bonds. The van der Waals surface area contributed by atoms with Crippen molar-refractivity contribution in [2.24, 2.45) is 0 Å². The van der Waals surface area contributed by atoms with E-state index < -0.39 is 21.8 Å². The minimum atomic E-state index is -3.82. The van der Waals surface area contributed by atoms with Crippen LogP contribution in [0.5, 0.6) is 0 Å². The SMILES string of the molecule is CC(c1ccccc1)N(C)S(=O)(=O)c1ccc2c(c1)C(=O)N(C)C2=O. The summed E-state index contributed by atoms with van der Waals surface area (Å²) in [6.45, 7) is 1.79. The van der Waals surface area contributed by atoms with Crippen LogP contribution in [0.3, 0.4) is 0 Å². The number of carbonyl (C=O) groups excluding carboxylic acids is 2. The Labute approximate surface area is 146 Å². The van der Waals surface area contributed by atoms with E-state index in [1.165, 1.54) is 36.6 Å². The first-order valence-electron chi connectivity index (χ1n) is 7.74. The first kappa shape index (κ1) is 17.3. The number of nitrogens with zero attached hydrogens (tertiary/aromatic N) is 2. The summed E-state index contributed by atoms with van der Waals surface area (Å²) < 4.78 is 27.1. The molecule has 2 aromatic carbocycles. The smallest absolute Gasteiger partial charge is 0.261 e. The Hall–Kier alpha value is -2.51. The first-order chi connectivity index (χ1) is 11.7. The number of amides is 2. The molecular formula is C18H18N2O4S. The normalized spacial score (nSPS) is 15.6. The molecule has 1 aliphatic rings. The Morgan fingerprint density at radius 2 is 1.56 bits per heavy atom. The average Bonchev–Trinajstić information content (AvgIpc) is 2.85. The maximum absolute atomic E-state index is 12.9. The van der Waals surface area contributed by atoms with Gasteiger partial charge in [-0.1, -0.05) is 30.3 Å². The van der Waals surface area contributed by atoms with E-state index in [0.717, 1.165) is 10.5 Å². The molecule has 3 rings (SSSR count). The number of rotatable bonds is 4. The first-order valence-corrected chi connectivity index (χ1v) is 9.18. The summed E-state index contributed by atoms with van der Waals surface area (Å²) >= 11 is 0. The molecule has 7 heteroatoms. The maximum atomic E-state index is 12.9. The van der Waals surface area contributed by atoms with Crippen LogP contribution in [0.4, 0.5) is 0 Å². The van der Waals surface area contributed by atoms with Crippen LogP contribution in [-0.2, 0) is 10.0 Å². The quantitative estimate of drug-likeness (QED) is 0.786. The number of fused-ring (bicyclic) bond motifs is 1. The third kappa shape index (κ3) is 2.75. The Morgan fingerprint density at radius 1 is 0.960 bits per heavy atom. The summed E-state index contributed by atoms with van der Waals surface area (Å²) in [5.41, 5.74) is 1.21. The summed E-state index contributed by atoms with van der Waals surface area (Å²) in [6, 6.07) is 12.9. The largest absolute Gasteiger partial charge is 0.277 e. The Balaban J connectivity index is 1.99. The van der Waals surface area contributed by atoms with Crippen molar-refractivity contribution in [1.82, 2.24) is 9.21 Å². The maximum Gasteiger partial charge on any atom is 0.261 e. The minimum absolute atomic E-state index is 0.00650. The fraction of sp³-hybridized carbons (Fsp3) is 0.222. The van der Waals surface area contributed by atoms with Gasteiger partial charge in [-0.25, -0.2) is 8.42 Å². The highest BCUT2D eigenvalue weighted by molar-refractivity contribution is 7.89. The molecule has 0 saturated heterocycles. The van der Waals surface area contributed by atoms with Gasteiger partial charge in [-0.2, -0.15) is 4.31 Å². The third-order valence-electron chi connectivity index (χ3n) is 4.57. The Bertz CT molecular complexity index is 954. The van der Waals surface area contributed by atoms with Crippen molar-refractivity contribution in [2.75, 3.05) is 14.1 Å². The Morgan fingerprint density at radius 3 is 2.20 bits per heavy atom. The zero-order valence-corrected chi connectivity index (χ0v) is 14.9. The predicted molar refractivity (Wildman–Crippen MR) is 92.7 cm³/mol. The summed E-state index contributed by atoms with van der Waals surface area (Å²) in [5.74, 6) is -0.911. The third-order valence-corrected chi connectivity index (χ3v) is 6.49. The Kier molecular flexibility index (Phi) is 4.22. The lowest BCUT2D eigenvalue weighted by Crippen LogP contribution is -2.30. The molecule has 0 spiro atoms. The van der Waals surface area contributed by atoms with Gasteiger partial charge in [-0.05, 0) is 30.7 Å². The van der Waals surface area contributed by atoms with Gasteiger partial charge in [0.1, 0.15) is 0 Å². The van der Waals surface area contributed by atoms with E-state index in [4.69, 9.17) is 0 Å². The van der Waals surface area contributed by atoms with Gasteiger partial charge in [0.25, 0.3) is 11.8 Å². The van der Waals surface area contributed by atoms with Crippen molar-refractivity contribution in [3.63, 3.8) is 0 Å². The van der Waals surface area contributed by atoms with Crippen LogP contribution in [0.2, 0.25) is 0 Å². The van der Waals surface area contributed by atoms with Gasteiger partial charge in [0.2, 0.25) is 10.0 Å². The zero-order valence-electron chi connectivity index (χ0n) is 14.1. The fourth-order valence-corrected chi connectivity index (χ4v) is 4.19. The van der Waals surface area contributed by atoms with Crippen LogP contribution in [0.25, 0.3) is 0 Å². The number of carbonyl (C=O) groups is 2. The van der Waals surface area contributed by atoms with Crippen LogP contribution >= 0.6 is 0 Å². The van der Waals surface area contributed by atoms with Gasteiger partial charge >= 0.3 is 0 Å². The van der Waals surface area contributed by atoms with E-state index in [2.05, 4.69) is 0 Å². The van der Waals surface area contributed by atoms with Gasteiger partial charge in [-0.15, -0.1) is 0 Å². The summed E-state index contributed by atoms with van der Waals surface area (Å²) in [4.78, 5) is 25.0. The number of imide groups is 1. The number of benzene rings is 2. The number of hydrogen-bond donors (Lipinski definition) is 0. The molecule has 130 valence electrons. The van der Waals surface area contributed by atoms with Crippen molar-refractivity contribution in [1.29, 1.82) is 0 Å². The molecule has 1 aliphatic heterocycles. The van der Waals surface area contributed by atoms with Crippen LogP contribution in [0.15, 0.2) is 53.4 Å². The zero-order chi connectivity index (χ0) is 18.4. The molecule has 0 aliphatic carbocycles. The summed E-state index contributed by atoms with van der Waals surface area (Å²) in [5, 5.41) is 0. The van der Waals surface area contributed by atoms with Crippen molar-refractivity contribution in [2.45, 2.75) is 17.9 Å². The number of sulfonamides is 1. The molecule has 1 heterocycles. The molecule has 25 heavy (non-hydrogen) atoms. The lowest BCUT2D eigenvalue weighted by Gasteiger charge is -2.24. The molecule has 1 unspecified atom stereocenters. The van der Waals surface area contributed by atoms with E-state index in [-0.39, 0.29) is 22.1 Å². The second kappa shape index (κ2) is 6.09. The van der Waals surface area contributed by atoms with E-state index in [1.807, 2.05) is 30.3 Å². The molecule has 0 radical (unpaired) electrons. The van der Waals surface area contributed by atoms with Crippen molar-refractivity contribution < 1.29 is 18.0 Å². The lowest BCUT2D eigenvalue weighted by molar-refractivity contribution is 0.0693. The highest BCUT2D eigenvalue weighted by Crippen LogP contribution is 2.29. The van der Waals surface area contributed by atoms with E-state index >= 15 is 0 Å². The van der Waals surface area contributed by atoms with Gasteiger partial charge in [0.05, 0.1) is 16.0 Å². The average molecular weight is 358 g/mol. The summed E-state index contributed by atoms with van der Waals surface area (Å²) in [6.07, 6.45) is 0. The van der Waals surface area contributed by atoms with Crippen molar-refractivity contribution >= 4 is 21.8 Å². The molecule has 0 N–H and O–H groups in total. The number of hydrogen-bond acceptors (Lipinski definition) is 4. The second-order valence-corrected chi connectivity index (χ2v) is 7.98. The van der Waals surface area contributed by atoms with Gasteiger partial charge in [-0.3, -0.25) is 14.5 Å². The fourth-order valence-electron chi connectivity index (χ4n) is 2.82.